The van der Waals surface area contributed by atoms with Crippen LogP contribution in [0.3, 0.4) is 0 Å². The van der Waals surface area contributed by atoms with Crippen molar-refractivity contribution in [3.05, 3.63) is 64.7 Å². The van der Waals surface area contributed by atoms with Gasteiger partial charge in [0.15, 0.2) is 11.2 Å². The Balaban J connectivity index is 1.55. The van der Waals surface area contributed by atoms with E-state index in [1.165, 1.54) is 6.33 Å². The zero-order valence-corrected chi connectivity index (χ0v) is 18.0. The minimum Gasteiger partial charge on any atom is -0.490 e. The molecule has 0 unspecified atom stereocenters. The van der Waals surface area contributed by atoms with E-state index < -0.39 is 5.97 Å². The number of benzene rings is 2. The number of nitrogens with zero attached hydrogens (tertiary/aromatic N) is 2. The molecule has 1 aliphatic rings. The van der Waals surface area contributed by atoms with E-state index in [-0.39, 0.29) is 18.1 Å². The molecule has 4 aromatic rings. The number of carbonyl (C=O) groups is 1. The maximum atomic E-state index is 12.5. The first kappa shape index (κ1) is 20.9. The van der Waals surface area contributed by atoms with Crippen molar-refractivity contribution in [3.8, 4) is 28.3 Å². The van der Waals surface area contributed by atoms with Crippen LogP contribution in [0.15, 0.2) is 53.6 Å². The number of carboxylic acid groups (broad SMARTS) is 1. The highest BCUT2D eigenvalue weighted by Crippen LogP contribution is 2.35. The van der Waals surface area contributed by atoms with Crippen LogP contribution in [0, 0.1) is 0 Å². The fourth-order valence-corrected chi connectivity index (χ4v) is 4.31. The summed E-state index contributed by atoms with van der Waals surface area (Å²) in [5.74, 6) is 0.259. The Morgan fingerprint density at radius 1 is 1.12 bits per heavy atom. The van der Waals surface area contributed by atoms with E-state index in [9.17, 15) is 9.59 Å². The largest absolute Gasteiger partial charge is 0.490 e. The first-order valence-electron chi connectivity index (χ1n) is 11.1. The van der Waals surface area contributed by atoms with Gasteiger partial charge in [0.25, 0.3) is 5.56 Å². The smallest absolute Gasteiger partial charge is 0.303 e. The fourth-order valence-electron chi connectivity index (χ4n) is 4.31. The van der Waals surface area contributed by atoms with E-state index in [1.54, 1.807) is 0 Å². The first-order chi connectivity index (χ1) is 16.1. The molecular formula is C25H24N4O4. The maximum Gasteiger partial charge on any atom is 0.303 e. The van der Waals surface area contributed by atoms with E-state index in [0.717, 1.165) is 42.4 Å². The number of H-pyrrole nitrogens is 2. The highest BCUT2D eigenvalue weighted by molar-refractivity contribution is 5.77. The van der Waals surface area contributed by atoms with Crippen LogP contribution in [-0.4, -0.2) is 37.1 Å². The molecule has 0 atom stereocenters. The summed E-state index contributed by atoms with van der Waals surface area (Å²) in [6.07, 6.45) is 6.41. The van der Waals surface area contributed by atoms with Crippen LogP contribution in [0.5, 0.6) is 5.75 Å². The minimum atomic E-state index is -0.813. The number of nitrogens with one attached hydrogen (secondary N) is 2. The Kier molecular flexibility index (Phi) is 5.64. The molecule has 8 heteroatoms. The predicted octanol–water partition coefficient (Wildman–Crippen LogP) is 4.32. The first-order valence-corrected chi connectivity index (χ1v) is 11.1. The van der Waals surface area contributed by atoms with E-state index >= 15 is 0 Å². The molecule has 3 N–H and O–H groups in total. The second-order valence-corrected chi connectivity index (χ2v) is 8.35. The topological polar surface area (TPSA) is 121 Å². The van der Waals surface area contributed by atoms with Crippen molar-refractivity contribution in [1.29, 1.82) is 0 Å². The lowest BCUT2D eigenvalue weighted by molar-refractivity contribution is -0.136. The number of aromatic nitrogens is 4. The zero-order valence-electron chi connectivity index (χ0n) is 18.0. The van der Waals surface area contributed by atoms with Crippen molar-refractivity contribution in [2.45, 2.75) is 44.6 Å². The van der Waals surface area contributed by atoms with E-state index in [1.807, 2.05) is 42.5 Å². The number of carboxylic acids is 1. The number of imidazole rings is 1. The van der Waals surface area contributed by atoms with Gasteiger partial charge in [-0.3, -0.25) is 9.59 Å². The van der Waals surface area contributed by atoms with Crippen LogP contribution in [0.4, 0.5) is 0 Å². The molecule has 33 heavy (non-hydrogen) atoms. The molecule has 2 aromatic carbocycles. The molecule has 0 radical (unpaired) electrons. The number of hydrogen-bond donors (Lipinski definition) is 3. The molecule has 0 spiro atoms. The summed E-state index contributed by atoms with van der Waals surface area (Å²) in [4.78, 5) is 37.7. The molecule has 1 aliphatic carbocycles. The summed E-state index contributed by atoms with van der Waals surface area (Å²) < 4.78 is 6.40. The van der Waals surface area contributed by atoms with Crippen LogP contribution in [0.2, 0.25) is 0 Å². The third-order valence-electron chi connectivity index (χ3n) is 6.02. The van der Waals surface area contributed by atoms with Gasteiger partial charge in [0.2, 0.25) is 0 Å². The Morgan fingerprint density at radius 3 is 2.76 bits per heavy atom. The third-order valence-corrected chi connectivity index (χ3v) is 6.02. The second kappa shape index (κ2) is 8.90. The molecule has 0 amide bonds. The van der Waals surface area contributed by atoms with Crippen LogP contribution < -0.4 is 10.3 Å². The number of ether oxygens (including phenoxy) is 1. The normalized spacial score (nSPS) is 14.1. The lowest BCUT2D eigenvalue weighted by atomic mass is 9.99. The average Bonchev–Trinajstić information content (AvgIpc) is 3.50. The molecule has 8 nitrogen and oxygen atoms in total. The Hall–Kier alpha value is -3.94. The van der Waals surface area contributed by atoms with Crippen molar-refractivity contribution >= 4 is 17.1 Å². The summed E-state index contributed by atoms with van der Waals surface area (Å²) in [5, 5.41) is 8.99. The molecule has 1 saturated carbocycles. The number of fused-ring (bicyclic) bond motifs is 1. The van der Waals surface area contributed by atoms with Crippen molar-refractivity contribution in [1.82, 2.24) is 19.9 Å². The van der Waals surface area contributed by atoms with Crippen LogP contribution >= 0.6 is 0 Å². The molecule has 0 bridgehead atoms. The minimum absolute atomic E-state index is 0.0904. The summed E-state index contributed by atoms with van der Waals surface area (Å²) in [5.41, 5.74) is 4.01. The molecular weight excluding hydrogens is 420 g/mol. The molecule has 0 saturated heterocycles. The van der Waals surface area contributed by atoms with Crippen molar-refractivity contribution in [2.24, 2.45) is 0 Å². The van der Waals surface area contributed by atoms with E-state index in [2.05, 4.69) is 19.9 Å². The summed E-state index contributed by atoms with van der Waals surface area (Å²) in [6.45, 7) is 0. The Labute approximate surface area is 189 Å². The van der Waals surface area contributed by atoms with Gasteiger partial charge >= 0.3 is 5.97 Å². The van der Waals surface area contributed by atoms with E-state index in [4.69, 9.17) is 9.84 Å². The van der Waals surface area contributed by atoms with Crippen molar-refractivity contribution in [3.63, 3.8) is 0 Å². The van der Waals surface area contributed by atoms with Crippen LogP contribution in [0.25, 0.3) is 33.7 Å². The van der Waals surface area contributed by atoms with Gasteiger partial charge in [-0.2, -0.15) is 0 Å². The fraction of sp³-hybridized carbons (Fsp3) is 0.280. The SMILES string of the molecule is O=C(O)CCc1cccc(-c2ccc(-c3nc4nc[nH]c4c(=O)[nH]3)c(OC3CCCC3)c2)c1. The highest BCUT2D eigenvalue weighted by Gasteiger charge is 2.20. The quantitative estimate of drug-likeness (QED) is 0.390. The Bertz CT molecular complexity index is 1370. The molecule has 168 valence electrons. The van der Waals surface area contributed by atoms with Gasteiger partial charge in [-0.25, -0.2) is 9.97 Å². The van der Waals surface area contributed by atoms with Gasteiger partial charge in [-0.05, 0) is 60.9 Å². The summed E-state index contributed by atoms with van der Waals surface area (Å²) >= 11 is 0. The number of aromatic amines is 2. The molecule has 0 aliphatic heterocycles. The zero-order chi connectivity index (χ0) is 22.8. The maximum absolute atomic E-state index is 12.5. The predicted molar refractivity (Wildman–Crippen MR) is 124 cm³/mol. The summed E-state index contributed by atoms with van der Waals surface area (Å²) in [7, 11) is 0. The van der Waals surface area contributed by atoms with Gasteiger partial charge in [0, 0.05) is 6.42 Å². The number of hydrogen-bond acceptors (Lipinski definition) is 5. The van der Waals surface area contributed by atoms with Crippen LogP contribution in [0.1, 0.15) is 37.7 Å². The van der Waals surface area contributed by atoms with Gasteiger partial charge in [-0.1, -0.05) is 30.3 Å². The van der Waals surface area contributed by atoms with Crippen molar-refractivity contribution in [2.75, 3.05) is 0 Å². The van der Waals surface area contributed by atoms with Gasteiger partial charge in [-0.15, -0.1) is 0 Å². The molecule has 2 heterocycles. The number of aryl methyl sites for hydroxylation is 1. The third kappa shape index (κ3) is 4.50. The average molecular weight is 444 g/mol. The van der Waals surface area contributed by atoms with E-state index in [0.29, 0.717) is 34.7 Å². The van der Waals surface area contributed by atoms with Gasteiger partial charge in [0.05, 0.1) is 18.0 Å². The van der Waals surface area contributed by atoms with Gasteiger partial charge < -0.3 is 19.8 Å². The van der Waals surface area contributed by atoms with Crippen LogP contribution in [-0.2, 0) is 11.2 Å². The molecule has 5 rings (SSSR count). The second-order valence-electron chi connectivity index (χ2n) is 8.35. The number of aliphatic carboxylic acids is 1. The highest BCUT2D eigenvalue weighted by atomic mass is 16.5. The molecule has 2 aromatic heterocycles. The lowest BCUT2D eigenvalue weighted by Crippen LogP contribution is -2.13. The standard InChI is InChI=1S/C25H24N4O4/c30-21(31)11-8-15-4-3-5-16(12-15)17-9-10-19(20(13-17)33-18-6-1-2-7-18)23-28-24-22(25(32)29-23)26-14-27-24/h3-5,9-10,12-14,18H,1-2,6-8,11H2,(H,30,31)(H2,26,27,28,29,32). The Morgan fingerprint density at radius 2 is 1.94 bits per heavy atom. The van der Waals surface area contributed by atoms with Gasteiger partial charge in [0.1, 0.15) is 11.6 Å². The molecule has 1 fully saturated rings. The number of rotatable bonds is 7. The summed E-state index contributed by atoms with van der Waals surface area (Å²) in [6, 6.07) is 13.7. The lowest BCUT2D eigenvalue weighted by Gasteiger charge is -2.18. The monoisotopic (exact) mass is 444 g/mol. The van der Waals surface area contributed by atoms with Crippen molar-refractivity contribution < 1.29 is 14.6 Å².